The van der Waals surface area contributed by atoms with E-state index in [1.54, 1.807) is 12.1 Å². The van der Waals surface area contributed by atoms with Crippen molar-refractivity contribution in [1.82, 2.24) is 4.72 Å². The van der Waals surface area contributed by atoms with Crippen LogP contribution in [0.4, 0.5) is 0 Å². The number of aryl methyl sites for hydroxylation is 1. The summed E-state index contributed by atoms with van der Waals surface area (Å²) >= 11 is 0. The molecule has 0 fully saturated rings. The first-order chi connectivity index (χ1) is 13.5. The minimum Gasteiger partial charge on any atom is -0.207 e. The van der Waals surface area contributed by atoms with Gasteiger partial charge in [-0.1, -0.05) is 84.4 Å². The lowest BCUT2D eigenvalue weighted by Crippen LogP contribution is -2.28. The molecule has 1 atom stereocenters. The van der Waals surface area contributed by atoms with Crippen LogP contribution in [0.5, 0.6) is 0 Å². The molecule has 28 heavy (non-hydrogen) atoms. The third-order valence-corrected chi connectivity index (χ3v) is 6.21. The first-order valence-electron chi connectivity index (χ1n) is 9.32. The van der Waals surface area contributed by atoms with Crippen LogP contribution in [0.25, 0.3) is 5.57 Å². The molecule has 3 aromatic rings. The van der Waals surface area contributed by atoms with Gasteiger partial charge in [0.2, 0.25) is 10.0 Å². The zero-order valence-electron chi connectivity index (χ0n) is 16.2. The molecule has 3 nitrogen and oxygen atoms in total. The van der Waals surface area contributed by atoms with Crippen molar-refractivity contribution in [3.63, 3.8) is 0 Å². The Labute approximate surface area is 167 Å². The lowest BCUT2D eigenvalue weighted by molar-refractivity contribution is 0.557. The molecule has 144 valence electrons. The highest BCUT2D eigenvalue weighted by atomic mass is 32.2. The number of allylic oxidation sites excluding steroid dienone is 1. The van der Waals surface area contributed by atoms with E-state index in [9.17, 15) is 8.42 Å². The third-order valence-electron chi connectivity index (χ3n) is 4.72. The monoisotopic (exact) mass is 391 g/mol. The van der Waals surface area contributed by atoms with Gasteiger partial charge in [0.1, 0.15) is 0 Å². The minimum absolute atomic E-state index is 0.280. The van der Waals surface area contributed by atoms with Gasteiger partial charge in [0.05, 0.1) is 10.9 Å². The fraction of sp³-hybridized carbons (Fsp3) is 0.167. The maximum Gasteiger partial charge on any atom is 0.241 e. The molecule has 3 rings (SSSR count). The van der Waals surface area contributed by atoms with Crippen LogP contribution in [0.15, 0.2) is 95.9 Å². The summed E-state index contributed by atoms with van der Waals surface area (Å²) in [6.45, 7) is 3.99. The van der Waals surface area contributed by atoms with Gasteiger partial charge in [-0.2, -0.15) is 0 Å². The van der Waals surface area contributed by atoms with E-state index in [1.165, 1.54) is 0 Å². The van der Waals surface area contributed by atoms with Gasteiger partial charge in [-0.25, -0.2) is 13.1 Å². The van der Waals surface area contributed by atoms with Crippen LogP contribution in [-0.2, 0) is 10.0 Å². The number of sulfonamides is 1. The van der Waals surface area contributed by atoms with Gasteiger partial charge in [-0.15, -0.1) is 0 Å². The van der Waals surface area contributed by atoms with E-state index in [0.29, 0.717) is 6.42 Å². The Morgan fingerprint density at radius 2 is 1.46 bits per heavy atom. The van der Waals surface area contributed by atoms with Crippen molar-refractivity contribution in [2.75, 3.05) is 0 Å². The highest BCUT2D eigenvalue weighted by molar-refractivity contribution is 7.89. The van der Waals surface area contributed by atoms with Crippen LogP contribution >= 0.6 is 0 Å². The van der Waals surface area contributed by atoms with Crippen molar-refractivity contribution in [1.29, 1.82) is 0 Å². The largest absolute Gasteiger partial charge is 0.241 e. The Bertz CT molecular complexity index is 1020. The molecule has 4 heteroatoms. The SMILES string of the molecule is C/C(=C\CC(NS(=O)(=O)c1ccc(C)cc1)c1ccccc1)c1ccccc1. The zero-order valence-corrected chi connectivity index (χ0v) is 17.0. The maximum atomic E-state index is 12.9. The average Bonchev–Trinajstić information content (AvgIpc) is 2.72. The highest BCUT2D eigenvalue weighted by Gasteiger charge is 2.20. The molecule has 0 heterocycles. The Kier molecular flexibility index (Phi) is 6.45. The van der Waals surface area contributed by atoms with E-state index >= 15 is 0 Å². The number of nitrogens with one attached hydrogen (secondary N) is 1. The normalized spacial score (nSPS) is 13.3. The maximum absolute atomic E-state index is 12.9. The Morgan fingerprint density at radius 1 is 0.893 bits per heavy atom. The molecule has 0 amide bonds. The van der Waals surface area contributed by atoms with E-state index in [1.807, 2.05) is 74.5 Å². The molecule has 1 unspecified atom stereocenters. The summed E-state index contributed by atoms with van der Waals surface area (Å²) in [6, 6.07) is 26.4. The molecule has 0 aromatic heterocycles. The van der Waals surface area contributed by atoms with Gasteiger partial charge in [-0.05, 0) is 49.1 Å². The molecule has 0 bridgehead atoms. The zero-order chi connectivity index (χ0) is 20.0. The molecular formula is C24H25NO2S. The fourth-order valence-electron chi connectivity index (χ4n) is 3.02. The Morgan fingerprint density at radius 3 is 2.07 bits per heavy atom. The summed E-state index contributed by atoms with van der Waals surface area (Å²) in [5.41, 5.74) is 4.22. The first-order valence-corrected chi connectivity index (χ1v) is 10.8. The lowest BCUT2D eigenvalue weighted by Gasteiger charge is -2.18. The lowest BCUT2D eigenvalue weighted by atomic mass is 10.0. The molecule has 0 aliphatic heterocycles. The first kappa shape index (κ1) is 20.1. The van der Waals surface area contributed by atoms with Gasteiger partial charge in [0.25, 0.3) is 0 Å². The van der Waals surface area contributed by atoms with Gasteiger partial charge >= 0.3 is 0 Å². The molecule has 0 radical (unpaired) electrons. The van der Waals surface area contributed by atoms with Gasteiger partial charge in [0, 0.05) is 0 Å². The van der Waals surface area contributed by atoms with Gasteiger partial charge in [0.15, 0.2) is 0 Å². The molecular weight excluding hydrogens is 366 g/mol. The second-order valence-corrected chi connectivity index (χ2v) is 8.60. The highest BCUT2D eigenvalue weighted by Crippen LogP contribution is 2.23. The second-order valence-electron chi connectivity index (χ2n) is 6.89. The Balaban J connectivity index is 1.87. The number of hydrogen-bond donors (Lipinski definition) is 1. The standard InChI is InChI=1S/C24H25NO2S/c1-19-13-16-23(17-14-19)28(26,27)25-24(22-11-7-4-8-12-22)18-15-20(2)21-9-5-3-6-10-21/h3-17,24-25H,18H2,1-2H3/b20-15+. The van der Waals surface area contributed by atoms with Crippen molar-refractivity contribution in [2.45, 2.75) is 31.2 Å². The van der Waals surface area contributed by atoms with Crippen LogP contribution in [0.3, 0.4) is 0 Å². The van der Waals surface area contributed by atoms with Crippen molar-refractivity contribution in [3.8, 4) is 0 Å². The van der Waals surface area contributed by atoms with E-state index in [2.05, 4.69) is 22.9 Å². The van der Waals surface area contributed by atoms with Crippen LogP contribution in [0.1, 0.15) is 36.1 Å². The quantitative estimate of drug-likeness (QED) is 0.577. The predicted octanol–water partition coefficient (Wildman–Crippen LogP) is 5.51. The molecule has 0 aliphatic rings. The summed E-state index contributed by atoms with van der Waals surface area (Å²) in [6.07, 6.45) is 2.65. The molecule has 1 N–H and O–H groups in total. The molecule has 0 saturated heterocycles. The van der Waals surface area contributed by atoms with Crippen molar-refractivity contribution >= 4 is 15.6 Å². The van der Waals surface area contributed by atoms with Gasteiger partial charge in [-0.3, -0.25) is 0 Å². The summed E-state index contributed by atoms with van der Waals surface area (Å²) in [5, 5.41) is 0. The average molecular weight is 392 g/mol. The van der Waals surface area contributed by atoms with Crippen molar-refractivity contribution < 1.29 is 8.42 Å². The number of benzene rings is 3. The number of hydrogen-bond acceptors (Lipinski definition) is 2. The molecule has 0 saturated carbocycles. The van der Waals surface area contributed by atoms with E-state index in [0.717, 1.165) is 22.3 Å². The summed E-state index contributed by atoms with van der Waals surface area (Å²) < 4.78 is 28.7. The van der Waals surface area contributed by atoms with Crippen molar-refractivity contribution in [3.05, 3.63) is 108 Å². The second kappa shape index (κ2) is 9.00. The smallest absolute Gasteiger partial charge is 0.207 e. The summed E-state index contributed by atoms with van der Waals surface area (Å²) in [7, 11) is -3.62. The molecule has 0 aliphatic carbocycles. The molecule has 0 spiro atoms. The summed E-state index contributed by atoms with van der Waals surface area (Å²) in [5.74, 6) is 0. The van der Waals surface area contributed by atoms with E-state index in [-0.39, 0.29) is 10.9 Å². The topological polar surface area (TPSA) is 46.2 Å². The van der Waals surface area contributed by atoms with Crippen LogP contribution in [0.2, 0.25) is 0 Å². The Hall–Kier alpha value is -2.69. The number of rotatable bonds is 7. The minimum atomic E-state index is -3.62. The van der Waals surface area contributed by atoms with E-state index < -0.39 is 10.0 Å². The predicted molar refractivity (Wildman–Crippen MR) is 115 cm³/mol. The third kappa shape index (κ3) is 5.18. The summed E-state index contributed by atoms with van der Waals surface area (Å²) in [4.78, 5) is 0.280. The van der Waals surface area contributed by atoms with Crippen LogP contribution < -0.4 is 4.72 Å². The van der Waals surface area contributed by atoms with Crippen LogP contribution in [-0.4, -0.2) is 8.42 Å². The van der Waals surface area contributed by atoms with Crippen molar-refractivity contribution in [2.24, 2.45) is 0 Å². The van der Waals surface area contributed by atoms with E-state index in [4.69, 9.17) is 0 Å². The molecule has 3 aromatic carbocycles. The fourth-order valence-corrected chi connectivity index (χ4v) is 4.26. The van der Waals surface area contributed by atoms with Gasteiger partial charge < -0.3 is 0 Å². The van der Waals surface area contributed by atoms with Crippen LogP contribution in [0, 0.1) is 6.92 Å².